The SMILES string of the molecule is C=CCOC(=O)N1C[C@@H]2CC(c3ccc(OC)cc3)=CN2C(=O)c2cc(OC)c(OCCCOc3cc4c(cc3OC)C(=O)N3CC5(CC5)C[C@H]3C(O)N4C(=O)OCC=C)cc21. The van der Waals surface area contributed by atoms with Crippen LogP contribution in [0, 0.1) is 5.41 Å². The van der Waals surface area contributed by atoms with E-state index in [0.29, 0.717) is 37.2 Å². The van der Waals surface area contributed by atoms with E-state index in [4.69, 9.17) is 33.2 Å². The number of benzene rings is 3. The Morgan fingerprint density at radius 1 is 0.806 bits per heavy atom. The maximum atomic E-state index is 14.2. The van der Waals surface area contributed by atoms with Crippen LogP contribution in [0.4, 0.5) is 21.0 Å². The molecule has 16 nitrogen and oxygen atoms in total. The Morgan fingerprint density at radius 2 is 1.42 bits per heavy atom. The van der Waals surface area contributed by atoms with Crippen LogP contribution < -0.4 is 33.5 Å². The molecule has 4 aliphatic heterocycles. The van der Waals surface area contributed by atoms with Gasteiger partial charge in [-0.25, -0.2) is 14.5 Å². The molecule has 16 heteroatoms. The summed E-state index contributed by atoms with van der Waals surface area (Å²) in [5, 5.41) is 11.7. The van der Waals surface area contributed by atoms with Crippen molar-refractivity contribution in [2.24, 2.45) is 5.41 Å². The van der Waals surface area contributed by atoms with Crippen LogP contribution in [0.15, 0.2) is 80.0 Å². The average Bonchev–Trinajstić information content (AvgIpc) is 3.79. The summed E-state index contributed by atoms with van der Waals surface area (Å²) in [5.41, 5.74) is 2.68. The minimum Gasteiger partial charge on any atom is -0.497 e. The minimum absolute atomic E-state index is 0.0230. The van der Waals surface area contributed by atoms with Gasteiger partial charge in [0.1, 0.15) is 19.0 Å². The predicted octanol–water partition coefficient (Wildman–Crippen LogP) is 6.41. The van der Waals surface area contributed by atoms with Crippen molar-refractivity contribution in [2.75, 3.05) is 70.6 Å². The van der Waals surface area contributed by atoms with Crippen molar-refractivity contribution >= 4 is 40.9 Å². The van der Waals surface area contributed by atoms with Crippen LogP contribution in [0.25, 0.3) is 5.57 Å². The first-order valence-electron chi connectivity index (χ1n) is 20.5. The standard InChI is InChI=1S/C46H50N4O12/c1-6-15-61-44(54)48-26-30-19-29(28-9-11-31(56-3)12-10-28)25-47(30)41(51)32-20-37(57-4)39(22-34(32)48)59-17-8-18-60-40-23-35-33(21-38(40)58-5)42(52)49-27-46(13-14-46)24-36(49)43(53)50(35)45(55)62-16-7-2/h6-7,9-12,20-23,25,30,36,43,53H,1-2,8,13-19,24,26-27H2,3-5H3/t30-,36-,43?/m0/s1. The molecule has 1 unspecified atom stereocenters. The van der Waals surface area contributed by atoms with Gasteiger partial charge in [-0.1, -0.05) is 37.4 Å². The maximum absolute atomic E-state index is 14.2. The van der Waals surface area contributed by atoms with Crippen molar-refractivity contribution in [1.29, 1.82) is 0 Å². The fraction of sp³-hybridized carbons (Fsp3) is 0.391. The molecule has 1 saturated carbocycles. The molecule has 3 aromatic rings. The van der Waals surface area contributed by atoms with Gasteiger partial charge >= 0.3 is 12.2 Å². The van der Waals surface area contributed by atoms with E-state index in [1.165, 1.54) is 43.4 Å². The van der Waals surface area contributed by atoms with E-state index in [9.17, 15) is 24.3 Å². The summed E-state index contributed by atoms with van der Waals surface area (Å²) in [4.78, 5) is 61.2. The molecular weight excluding hydrogens is 801 g/mol. The first kappa shape index (κ1) is 42.0. The van der Waals surface area contributed by atoms with Crippen molar-refractivity contribution in [3.8, 4) is 28.7 Å². The van der Waals surface area contributed by atoms with Gasteiger partial charge in [0, 0.05) is 31.3 Å². The van der Waals surface area contributed by atoms with E-state index in [2.05, 4.69) is 13.2 Å². The number of hydrogen-bond donors (Lipinski definition) is 1. The number of nitrogens with zero attached hydrogens (tertiary/aromatic N) is 4. The monoisotopic (exact) mass is 850 g/mol. The molecule has 1 aliphatic carbocycles. The number of carbonyl (C=O) groups is 4. The summed E-state index contributed by atoms with van der Waals surface area (Å²) in [6, 6.07) is 12.8. The highest BCUT2D eigenvalue weighted by Crippen LogP contribution is 2.57. The van der Waals surface area contributed by atoms with Crippen molar-refractivity contribution in [3.63, 3.8) is 0 Å². The molecule has 2 fully saturated rings. The Hall–Kier alpha value is -6.68. The van der Waals surface area contributed by atoms with E-state index in [-0.39, 0.29) is 96.1 Å². The first-order chi connectivity index (χ1) is 30.0. The molecule has 0 radical (unpaired) electrons. The fourth-order valence-electron chi connectivity index (χ4n) is 8.71. The van der Waals surface area contributed by atoms with Crippen LogP contribution in [0.1, 0.15) is 58.4 Å². The topological polar surface area (TPSA) is 166 Å². The van der Waals surface area contributed by atoms with Crippen molar-refractivity contribution in [1.82, 2.24) is 9.80 Å². The zero-order chi connectivity index (χ0) is 43.7. The average molecular weight is 851 g/mol. The van der Waals surface area contributed by atoms with Crippen molar-refractivity contribution < 1.29 is 57.4 Å². The predicted molar refractivity (Wildman–Crippen MR) is 227 cm³/mol. The number of methoxy groups -OCH3 is 3. The lowest BCUT2D eigenvalue weighted by Crippen LogP contribution is -2.50. The molecule has 4 amide bonds. The summed E-state index contributed by atoms with van der Waals surface area (Å²) >= 11 is 0. The number of hydrogen-bond acceptors (Lipinski definition) is 12. The highest BCUT2D eigenvalue weighted by atomic mass is 16.6. The molecule has 5 aliphatic rings. The highest BCUT2D eigenvalue weighted by molar-refractivity contribution is 6.07. The third kappa shape index (κ3) is 7.85. The largest absolute Gasteiger partial charge is 0.497 e. The summed E-state index contributed by atoms with van der Waals surface area (Å²) in [7, 11) is 4.52. The number of aliphatic hydroxyl groups is 1. The second-order valence-electron chi connectivity index (χ2n) is 15.9. The number of aliphatic hydroxyl groups excluding tert-OH is 1. The Labute approximate surface area is 359 Å². The highest BCUT2D eigenvalue weighted by Gasteiger charge is 2.58. The molecule has 1 N–H and O–H groups in total. The maximum Gasteiger partial charge on any atom is 0.416 e. The molecule has 62 heavy (non-hydrogen) atoms. The van der Waals surface area contributed by atoms with Gasteiger partial charge in [-0.2, -0.15) is 0 Å². The Morgan fingerprint density at radius 3 is 2.02 bits per heavy atom. The van der Waals surface area contributed by atoms with Crippen LogP contribution in [0.3, 0.4) is 0 Å². The van der Waals surface area contributed by atoms with Crippen LogP contribution in [-0.4, -0.2) is 118 Å². The quantitative estimate of drug-likeness (QED) is 0.140. The number of anilines is 2. The molecular formula is C46H50N4O12. The van der Waals surface area contributed by atoms with E-state index < -0.39 is 24.5 Å². The number of fused-ring (bicyclic) bond motifs is 4. The van der Waals surface area contributed by atoms with Crippen LogP contribution in [0.5, 0.6) is 28.7 Å². The summed E-state index contributed by atoms with van der Waals surface area (Å²) in [5.74, 6) is 1.15. The van der Waals surface area contributed by atoms with E-state index in [0.717, 1.165) is 28.9 Å². The lowest BCUT2D eigenvalue weighted by atomic mass is 10.0. The second-order valence-corrected chi connectivity index (χ2v) is 15.9. The zero-order valence-electron chi connectivity index (χ0n) is 35.0. The first-order valence-corrected chi connectivity index (χ1v) is 20.5. The number of amides is 4. The second kappa shape index (κ2) is 17.4. The molecule has 0 aromatic heterocycles. The number of ether oxygens (including phenoxy) is 7. The van der Waals surface area contributed by atoms with Gasteiger partial charge in [-0.3, -0.25) is 14.5 Å². The molecule has 3 atom stereocenters. The Bertz CT molecular complexity index is 2310. The minimum atomic E-state index is -1.36. The molecule has 1 saturated heterocycles. The van der Waals surface area contributed by atoms with Gasteiger partial charge in [0.2, 0.25) is 0 Å². The Balaban J connectivity index is 1.01. The van der Waals surface area contributed by atoms with Gasteiger partial charge in [-0.15, -0.1) is 0 Å². The lowest BCUT2D eigenvalue weighted by molar-refractivity contribution is 0.0496. The zero-order valence-corrected chi connectivity index (χ0v) is 35.0. The van der Waals surface area contributed by atoms with Crippen LogP contribution in [0.2, 0.25) is 0 Å². The molecule has 8 rings (SSSR count). The molecule has 0 bridgehead atoms. The summed E-state index contributed by atoms with van der Waals surface area (Å²) in [6.45, 7) is 8.04. The van der Waals surface area contributed by atoms with E-state index >= 15 is 0 Å². The van der Waals surface area contributed by atoms with Gasteiger partial charge in [0.25, 0.3) is 11.8 Å². The fourth-order valence-corrected chi connectivity index (χ4v) is 8.71. The lowest BCUT2D eigenvalue weighted by Gasteiger charge is -2.31. The van der Waals surface area contributed by atoms with Crippen LogP contribution >= 0.6 is 0 Å². The summed E-state index contributed by atoms with van der Waals surface area (Å²) in [6.07, 6.45) is 5.22. The van der Waals surface area contributed by atoms with Crippen molar-refractivity contribution in [3.05, 3.63) is 96.7 Å². The Kier molecular flexibility index (Phi) is 11.8. The number of carbonyl (C=O) groups excluding carboxylic acids is 4. The van der Waals surface area contributed by atoms with Gasteiger partial charge in [-0.05, 0) is 66.5 Å². The molecule has 1 spiro atoms. The number of rotatable bonds is 14. The van der Waals surface area contributed by atoms with Gasteiger partial charge in [0.05, 0.1) is 75.7 Å². The third-order valence-corrected chi connectivity index (χ3v) is 12.1. The molecule has 4 heterocycles. The molecule has 326 valence electrons. The molecule has 3 aromatic carbocycles. The van der Waals surface area contributed by atoms with Crippen LogP contribution in [-0.2, 0) is 9.47 Å². The van der Waals surface area contributed by atoms with Crippen molar-refractivity contribution in [2.45, 2.75) is 50.4 Å². The summed E-state index contributed by atoms with van der Waals surface area (Å²) < 4.78 is 39.9. The third-order valence-electron chi connectivity index (χ3n) is 12.1. The van der Waals surface area contributed by atoms with Gasteiger partial charge < -0.3 is 48.1 Å². The van der Waals surface area contributed by atoms with Gasteiger partial charge in [0.15, 0.2) is 29.2 Å². The van der Waals surface area contributed by atoms with E-state index in [1.807, 2.05) is 30.5 Å². The normalized spacial score (nSPS) is 20.5. The smallest absolute Gasteiger partial charge is 0.416 e. The van der Waals surface area contributed by atoms with E-state index in [1.54, 1.807) is 29.0 Å².